The molecule has 0 bridgehead atoms. The van der Waals surface area contributed by atoms with Gasteiger partial charge in [0.1, 0.15) is 11.8 Å². The second-order valence-corrected chi connectivity index (χ2v) is 4.55. The summed E-state index contributed by atoms with van der Waals surface area (Å²) in [4.78, 5) is 22.3. The van der Waals surface area contributed by atoms with E-state index in [0.717, 1.165) is 0 Å². The topological polar surface area (TPSA) is 118 Å². The first-order valence-electron chi connectivity index (χ1n) is 6.72. The van der Waals surface area contributed by atoms with Crippen LogP contribution in [0.5, 0.6) is 5.75 Å². The minimum Gasteiger partial charge on any atom is -0.497 e. The van der Waals surface area contributed by atoms with Crippen molar-refractivity contribution >= 4 is 22.9 Å². The molecule has 2 rings (SSSR count). The third-order valence-corrected chi connectivity index (χ3v) is 3.05. The van der Waals surface area contributed by atoms with Crippen LogP contribution in [0.2, 0.25) is 0 Å². The van der Waals surface area contributed by atoms with Gasteiger partial charge in [-0.3, -0.25) is 20.3 Å². The highest BCUT2D eigenvalue weighted by atomic mass is 16.6. The average Bonchev–Trinajstić information content (AvgIpc) is 2.62. The summed E-state index contributed by atoms with van der Waals surface area (Å²) in [5, 5.41) is 23.4. The maximum atomic E-state index is 12.2. The molecule has 1 N–H and O–H groups in total. The molecule has 24 heavy (non-hydrogen) atoms. The molecule has 0 atom stereocenters. The zero-order valence-corrected chi connectivity index (χ0v) is 12.6. The molecule has 0 radical (unpaired) electrons. The van der Waals surface area contributed by atoms with E-state index in [1.54, 1.807) is 18.2 Å². The maximum Gasteiger partial charge on any atom is 0.269 e. The Morgan fingerprint density at radius 2 is 1.83 bits per heavy atom. The van der Waals surface area contributed by atoms with Gasteiger partial charge in [0, 0.05) is 17.7 Å². The van der Waals surface area contributed by atoms with Crippen molar-refractivity contribution in [1.29, 1.82) is 5.26 Å². The Morgan fingerprint density at radius 1 is 1.21 bits per heavy atom. The SMILES string of the molecule is COc1ccc(C(=O)C(C#N)=NNc2ccc([N+](=O)[O-])cc2)cc1. The Kier molecular flexibility index (Phi) is 5.20. The van der Waals surface area contributed by atoms with E-state index >= 15 is 0 Å². The zero-order valence-electron chi connectivity index (χ0n) is 12.6. The number of Topliss-reactive ketones (excluding diaryl/α,β-unsaturated/α-hetero) is 1. The number of hydrogen-bond acceptors (Lipinski definition) is 7. The Hall–Kier alpha value is -3.73. The first kappa shape index (κ1) is 16.6. The van der Waals surface area contributed by atoms with Crippen LogP contribution in [-0.2, 0) is 0 Å². The van der Waals surface area contributed by atoms with E-state index in [0.29, 0.717) is 17.0 Å². The van der Waals surface area contributed by atoms with Gasteiger partial charge in [0.2, 0.25) is 11.5 Å². The van der Waals surface area contributed by atoms with Crippen LogP contribution in [0, 0.1) is 21.4 Å². The number of nitro groups is 1. The van der Waals surface area contributed by atoms with E-state index in [4.69, 9.17) is 10.00 Å². The summed E-state index contributed by atoms with van der Waals surface area (Å²) in [7, 11) is 1.51. The van der Waals surface area contributed by atoms with Gasteiger partial charge in [-0.15, -0.1) is 0 Å². The van der Waals surface area contributed by atoms with Crippen molar-refractivity contribution in [2.45, 2.75) is 0 Å². The van der Waals surface area contributed by atoms with Crippen LogP contribution in [0.15, 0.2) is 53.6 Å². The van der Waals surface area contributed by atoms with Crippen molar-refractivity contribution in [3.63, 3.8) is 0 Å². The number of carbonyl (C=O) groups is 1. The van der Waals surface area contributed by atoms with Crippen molar-refractivity contribution < 1.29 is 14.5 Å². The van der Waals surface area contributed by atoms with Gasteiger partial charge in [-0.25, -0.2) is 0 Å². The standard InChI is InChI=1S/C16H12N4O4/c1-24-14-8-2-11(3-9-14)16(21)15(10-17)19-18-12-4-6-13(7-5-12)20(22)23/h2-9,18H,1H3. The highest BCUT2D eigenvalue weighted by Crippen LogP contribution is 2.16. The van der Waals surface area contributed by atoms with Crippen molar-refractivity contribution in [1.82, 2.24) is 0 Å². The first-order valence-corrected chi connectivity index (χ1v) is 6.72. The lowest BCUT2D eigenvalue weighted by atomic mass is 10.1. The van der Waals surface area contributed by atoms with Gasteiger partial charge in [-0.05, 0) is 36.4 Å². The third kappa shape index (κ3) is 3.92. The van der Waals surface area contributed by atoms with E-state index in [2.05, 4.69) is 10.5 Å². The number of hydrogen-bond donors (Lipinski definition) is 1. The fourth-order valence-electron chi connectivity index (χ4n) is 1.78. The fraction of sp³-hybridized carbons (Fsp3) is 0.0625. The van der Waals surface area contributed by atoms with E-state index in [1.165, 1.54) is 43.5 Å². The van der Waals surface area contributed by atoms with Crippen molar-refractivity contribution in [2.75, 3.05) is 12.5 Å². The number of nitriles is 1. The van der Waals surface area contributed by atoms with Gasteiger partial charge in [0.05, 0.1) is 17.7 Å². The molecule has 0 amide bonds. The first-order chi connectivity index (χ1) is 11.5. The number of carbonyl (C=O) groups excluding carboxylic acids is 1. The number of hydrazone groups is 1. The normalized spacial score (nSPS) is 10.6. The number of ketones is 1. The molecule has 2 aromatic rings. The molecule has 120 valence electrons. The number of ether oxygens (including phenoxy) is 1. The molecule has 0 aliphatic rings. The summed E-state index contributed by atoms with van der Waals surface area (Å²) in [5.41, 5.74) is 2.83. The summed E-state index contributed by atoms with van der Waals surface area (Å²) in [6, 6.07) is 13.4. The molecular weight excluding hydrogens is 312 g/mol. The predicted molar refractivity (Wildman–Crippen MR) is 87.1 cm³/mol. The molecule has 0 saturated carbocycles. The van der Waals surface area contributed by atoms with Gasteiger partial charge in [-0.2, -0.15) is 10.4 Å². The second kappa shape index (κ2) is 7.51. The van der Waals surface area contributed by atoms with Crippen molar-refractivity contribution in [3.05, 3.63) is 64.2 Å². The molecule has 8 heteroatoms. The van der Waals surface area contributed by atoms with E-state index < -0.39 is 10.7 Å². The average molecular weight is 324 g/mol. The molecule has 0 aliphatic heterocycles. The van der Waals surface area contributed by atoms with Crippen LogP contribution in [0.3, 0.4) is 0 Å². The monoisotopic (exact) mass is 324 g/mol. The molecule has 0 aliphatic carbocycles. The number of nitro benzene ring substituents is 1. The van der Waals surface area contributed by atoms with Gasteiger partial charge in [-0.1, -0.05) is 0 Å². The second-order valence-electron chi connectivity index (χ2n) is 4.55. The number of methoxy groups -OCH3 is 1. The molecule has 0 saturated heterocycles. The van der Waals surface area contributed by atoms with E-state index in [1.807, 2.05) is 0 Å². The van der Waals surface area contributed by atoms with Crippen LogP contribution >= 0.6 is 0 Å². The van der Waals surface area contributed by atoms with Crippen LogP contribution in [0.1, 0.15) is 10.4 Å². The molecule has 2 aromatic carbocycles. The molecule has 0 unspecified atom stereocenters. The minimum absolute atomic E-state index is 0.0701. The Balaban J connectivity index is 2.14. The number of nitrogens with zero attached hydrogens (tertiary/aromatic N) is 3. The summed E-state index contributed by atoms with van der Waals surface area (Å²) in [6.45, 7) is 0. The fourth-order valence-corrected chi connectivity index (χ4v) is 1.78. The Labute approximate surface area is 137 Å². The number of non-ortho nitro benzene ring substituents is 1. The summed E-state index contributed by atoms with van der Waals surface area (Å²) in [5.74, 6) is 0.0422. The molecule has 0 aromatic heterocycles. The van der Waals surface area contributed by atoms with Crippen molar-refractivity contribution in [2.24, 2.45) is 5.10 Å². The lowest BCUT2D eigenvalue weighted by Gasteiger charge is -2.03. The number of nitrogens with one attached hydrogen (secondary N) is 1. The lowest BCUT2D eigenvalue weighted by molar-refractivity contribution is -0.384. The summed E-state index contributed by atoms with van der Waals surface area (Å²) < 4.78 is 5.00. The highest BCUT2D eigenvalue weighted by molar-refractivity contribution is 6.51. The summed E-state index contributed by atoms with van der Waals surface area (Å²) in [6.07, 6.45) is 0. The van der Waals surface area contributed by atoms with Crippen LogP contribution in [-0.4, -0.2) is 23.5 Å². The number of rotatable bonds is 6. The zero-order chi connectivity index (χ0) is 17.5. The maximum absolute atomic E-state index is 12.2. The van der Waals surface area contributed by atoms with Crippen LogP contribution in [0.25, 0.3) is 0 Å². The van der Waals surface area contributed by atoms with E-state index in [-0.39, 0.29) is 11.4 Å². The predicted octanol–water partition coefficient (Wildman–Crippen LogP) is 2.78. The molecular formula is C16H12N4O4. The van der Waals surface area contributed by atoms with Gasteiger partial charge >= 0.3 is 0 Å². The van der Waals surface area contributed by atoms with Gasteiger partial charge in [0.25, 0.3) is 5.69 Å². The summed E-state index contributed by atoms with van der Waals surface area (Å²) >= 11 is 0. The third-order valence-electron chi connectivity index (χ3n) is 3.05. The van der Waals surface area contributed by atoms with Crippen LogP contribution in [0.4, 0.5) is 11.4 Å². The highest BCUT2D eigenvalue weighted by Gasteiger charge is 2.14. The van der Waals surface area contributed by atoms with Gasteiger partial charge in [0.15, 0.2) is 0 Å². The van der Waals surface area contributed by atoms with Crippen LogP contribution < -0.4 is 10.2 Å². The lowest BCUT2D eigenvalue weighted by Crippen LogP contribution is -2.14. The van der Waals surface area contributed by atoms with E-state index in [9.17, 15) is 14.9 Å². The molecule has 0 heterocycles. The quantitative estimate of drug-likeness (QED) is 0.378. The molecule has 0 spiro atoms. The number of anilines is 1. The smallest absolute Gasteiger partial charge is 0.269 e. The molecule has 8 nitrogen and oxygen atoms in total. The van der Waals surface area contributed by atoms with Gasteiger partial charge < -0.3 is 4.74 Å². The minimum atomic E-state index is -0.547. The molecule has 0 fully saturated rings. The Bertz CT molecular complexity index is 821. The Morgan fingerprint density at radius 3 is 2.33 bits per heavy atom. The largest absolute Gasteiger partial charge is 0.497 e. The van der Waals surface area contributed by atoms with Crippen molar-refractivity contribution in [3.8, 4) is 11.8 Å². The number of benzene rings is 2.